The molecule has 2 atom stereocenters. The van der Waals surface area contributed by atoms with Gasteiger partial charge in [-0.05, 0) is 19.8 Å². The molecule has 1 aliphatic heterocycles. The number of carbonyl (C=O) groups excluding carboxylic acids is 1. The number of rotatable bonds is 4. The quantitative estimate of drug-likeness (QED) is 0.790. The molecule has 6 heteroatoms. The first-order valence-corrected chi connectivity index (χ1v) is 9.05. The van der Waals surface area contributed by atoms with Gasteiger partial charge in [0.05, 0.1) is 18.9 Å². The summed E-state index contributed by atoms with van der Waals surface area (Å²) < 4.78 is 12.5. The lowest BCUT2D eigenvalue weighted by Gasteiger charge is -2.35. The van der Waals surface area contributed by atoms with E-state index in [1.165, 1.54) is 50.5 Å². The van der Waals surface area contributed by atoms with Crippen molar-refractivity contribution in [3.63, 3.8) is 0 Å². The monoisotopic (exact) mass is 335 g/mol. The highest BCUT2D eigenvalue weighted by atomic mass is 16.6. The average Bonchev–Trinajstić information content (AvgIpc) is 2.94. The fourth-order valence-corrected chi connectivity index (χ4v) is 4.07. The Morgan fingerprint density at radius 1 is 1.33 bits per heavy atom. The van der Waals surface area contributed by atoms with Gasteiger partial charge in [-0.15, -0.1) is 0 Å². The van der Waals surface area contributed by atoms with E-state index in [0.717, 1.165) is 13.1 Å². The minimum absolute atomic E-state index is 0.0256. The number of carbonyl (C=O) groups is 1. The highest BCUT2D eigenvalue weighted by Crippen LogP contribution is 2.34. The summed E-state index contributed by atoms with van der Waals surface area (Å²) in [7, 11) is 3.41. The Hall–Kier alpha value is -1.40. The third-order valence-electron chi connectivity index (χ3n) is 5.12. The Morgan fingerprint density at radius 2 is 2.08 bits per heavy atom. The van der Waals surface area contributed by atoms with Crippen molar-refractivity contribution >= 4 is 5.97 Å². The van der Waals surface area contributed by atoms with Gasteiger partial charge in [0, 0.05) is 44.4 Å². The van der Waals surface area contributed by atoms with E-state index in [0.29, 0.717) is 12.5 Å². The molecule has 134 valence electrons. The molecule has 0 bridgehead atoms. The zero-order valence-corrected chi connectivity index (χ0v) is 15.0. The summed E-state index contributed by atoms with van der Waals surface area (Å²) in [6, 6.07) is 0. The Bertz CT molecular complexity index is 566. The molecule has 0 radical (unpaired) electrons. The van der Waals surface area contributed by atoms with Crippen molar-refractivity contribution in [1.29, 1.82) is 0 Å². The van der Waals surface area contributed by atoms with Gasteiger partial charge in [0.2, 0.25) is 0 Å². The molecule has 24 heavy (non-hydrogen) atoms. The lowest BCUT2D eigenvalue weighted by atomic mass is 9.85. The molecule has 0 aromatic carbocycles. The van der Waals surface area contributed by atoms with E-state index in [1.807, 2.05) is 18.7 Å². The standard InChI is InChI=1S/C18H29N3O3/c1-13-9-21(12-16(24-13)18(22)23-3)11-15-10-20(2)19-17(15)14-7-5-4-6-8-14/h10,13-14,16H,4-9,11-12H2,1-3H3/t13-,16-/m1/s1. The van der Waals surface area contributed by atoms with E-state index in [1.54, 1.807) is 0 Å². The lowest BCUT2D eigenvalue weighted by Crippen LogP contribution is -2.49. The Kier molecular flexibility index (Phi) is 5.56. The summed E-state index contributed by atoms with van der Waals surface area (Å²) in [4.78, 5) is 14.1. The molecule has 6 nitrogen and oxygen atoms in total. The first-order valence-electron chi connectivity index (χ1n) is 9.05. The van der Waals surface area contributed by atoms with Crippen molar-refractivity contribution < 1.29 is 14.3 Å². The number of ether oxygens (including phenoxy) is 2. The Morgan fingerprint density at radius 3 is 2.79 bits per heavy atom. The molecule has 2 fully saturated rings. The van der Waals surface area contributed by atoms with Gasteiger partial charge in [0.25, 0.3) is 0 Å². The van der Waals surface area contributed by atoms with Gasteiger partial charge in [0.15, 0.2) is 6.10 Å². The normalized spacial score (nSPS) is 26.5. The van der Waals surface area contributed by atoms with Crippen LogP contribution in [0.2, 0.25) is 0 Å². The van der Waals surface area contributed by atoms with Crippen LogP contribution in [0, 0.1) is 0 Å². The van der Waals surface area contributed by atoms with Crippen LogP contribution >= 0.6 is 0 Å². The Balaban J connectivity index is 1.71. The van der Waals surface area contributed by atoms with Gasteiger partial charge in [-0.25, -0.2) is 4.79 Å². The highest BCUT2D eigenvalue weighted by molar-refractivity contribution is 5.75. The molecule has 1 saturated heterocycles. The maximum absolute atomic E-state index is 11.8. The molecule has 1 aliphatic carbocycles. The van der Waals surface area contributed by atoms with Crippen molar-refractivity contribution in [2.24, 2.45) is 7.05 Å². The highest BCUT2D eigenvalue weighted by Gasteiger charge is 2.32. The molecule has 2 aliphatic rings. The lowest BCUT2D eigenvalue weighted by molar-refractivity contribution is -0.166. The van der Waals surface area contributed by atoms with Gasteiger partial charge < -0.3 is 9.47 Å². The second-order valence-corrected chi connectivity index (χ2v) is 7.20. The minimum atomic E-state index is -0.492. The van der Waals surface area contributed by atoms with Crippen LogP contribution in [-0.4, -0.2) is 53.1 Å². The molecule has 0 spiro atoms. The van der Waals surface area contributed by atoms with Gasteiger partial charge in [0.1, 0.15) is 0 Å². The van der Waals surface area contributed by atoms with Crippen LogP contribution in [0.1, 0.15) is 56.2 Å². The number of morpholine rings is 1. The summed E-state index contributed by atoms with van der Waals surface area (Å²) >= 11 is 0. The number of methoxy groups -OCH3 is 1. The Labute approximate surface area is 144 Å². The minimum Gasteiger partial charge on any atom is -0.467 e. The first-order chi connectivity index (χ1) is 11.6. The predicted molar refractivity (Wildman–Crippen MR) is 90.7 cm³/mol. The molecular weight excluding hydrogens is 306 g/mol. The van der Waals surface area contributed by atoms with Crippen molar-refractivity contribution in [2.75, 3.05) is 20.2 Å². The van der Waals surface area contributed by atoms with Crippen molar-refractivity contribution in [2.45, 2.75) is 63.7 Å². The number of hydrogen-bond donors (Lipinski definition) is 0. The summed E-state index contributed by atoms with van der Waals surface area (Å²) in [6.07, 6.45) is 8.12. The van der Waals surface area contributed by atoms with Gasteiger partial charge in [-0.3, -0.25) is 9.58 Å². The van der Waals surface area contributed by atoms with Crippen molar-refractivity contribution in [1.82, 2.24) is 14.7 Å². The van der Waals surface area contributed by atoms with Crippen LogP contribution in [0.25, 0.3) is 0 Å². The van der Waals surface area contributed by atoms with E-state index >= 15 is 0 Å². The van der Waals surface area contributed by atoms with Crippen LogP contribution in [-0.2, 0) is 27.9 Å². The van der Waals surface area contributed by atoms with E-state index in [-0.39, 0.29) is 12.1 Å². The summed E-state index contributed by atoms with van der Waals surface area (Å²) in [5.74, 6) is 0.301. The average molecular weight is 335 g/mol. The topological polar surface area (TPSA) is 56.6 Å². The smallest absolute Gasteiger partial charge is 0.336 e. The fraction of sp³-hybridized carbons (Fsp3) is 0.778. The second kappa shape index (κ2) is 7.66. The third-order valence-corrected chi connectivity index (χ3v) is 5.12. The molecule has 0 unspecified atom stereocenters. The van der Waals surface area contributed by atoms with Crippen LogP contribution in [0.15, 0.2) is 6.20 Å². The first kappa shape index (κ1) is 17.4. The van der Waals surface area contributed by atoms with E-state index in [4.69, 9.17) is 14.6 Å². The van der Waals surface area contributed by atoms with Gasteiger partial charge in [-0.1, -0.05) is 19.3 Å². The molecule has 0 N–H and O–H groups in total. The van der Waals surface area contributed by atoms with Crippen LogP contribution in [0.5, 0.6) is 0 Å². The largest absolute Gasteiger partial charge is 0.467 e. The van der Waals surface area contributed by atoms with Crippen LogP contribution in [0.3, 0.4) is 0 Å². The van der Waals surface area contributed by atoms with E-state index in [2.05, 4.69) is 11.1 Å². The van der Waals surface area contributed by atoms with E-state index in [9.17, 15) is 4.79 Å². The molecule has 1 aromatic rings. The second-order valence-electron chi connectivity index (χ2n) is 7.20. The molecule has 2 heterocycles. The number of aromatic nitrogens is 2. The maximum Gasteiger partial charge on any atom is 0.336 e. The fourth-order valence-electron chi connectivity index (χ4n) is 4.07. The summed E-state index contributed by atoms with van der Waals surface area (Å²) in [6.45, 7) is 4.23. The molecule has 1 aromatic heterocycles. The van der Waals surface area contributed by atoms with Crippen molar-refractivity contribution in [3.8, 4) is 0 Å². The van der Waals surface area contributed by atoms with Crippen molar-refractivity contribution in [3.05, 3.63) is 17.5 Å². The SMILES string of the molecule is COC(=O)[C@H]1CN(Cc2cn(C)nc2C2CCCCC2)C[C@@H](C)O1. The van der Waals surface area contributed by atoms with Gasteiger partial charge in [-0.2, -0.15) is 5.10 Å². The number of aryl methyl sites for hydroxylation is 1. The number of esters is 1. The number of nitrogens with zero attached hydrogens (tertiary/aromatic N) is 3. The molecular formula is C18H29N3O3. The number of hydrogen-bond acceptors (Lipinski definition) is 5. The zero-order valence-electron chi connectivity index (χ0n) is 15.0. The van der Waals surface area contributed by atoms with Crippen LogP contribution in [0.4, 0.5) is 0 Å². The van der Waals surface area contributed by atoms with Gasteiger partial charge >= 0.3 is 5.97 Å². The third kappa shape index (κ3) is 3.98. The zero-order chi connectivity index (χ0) is 17.1. The molecule has 1 saturated carbocycles. The molecule has 0 amide bonds. The van der Waals surface area contributed by atoms with Crippen LogP contribution < -0.4 is 0 Å². The molecule has 3 rings (SSSR count). The summed E-state index contributed by atoms with van der Waals surface area (Å²) in [5.41, 5.74) is 2.55. The predicted octanol–water partition coefficient (Wildman–Crippen LogP) is 2.23. The summed E-state index contributed by atoms with van der Waals surface area (Å²) in [5, 5.41) is 4.76. The van der Waals surface area contributed by atoms with E-state index < -0.39 is 6.10 Å². The maximum atomic E-state index is 11.8.